The molecular formula is C12H13N5O2S. The van der Waals surface area contributed by atoms with Crippen LogP contribution in [0.2, 0.25) is 0 Å². The molecule has 2 aromatic rings. The van der Waals surface area contributed by atoms with Crippen LogP contribution in [0.25, 0.3) is 0 Å². The number of nitrogens with zero attached hydrogens (tertiary/aromatic N) is 2. The fourth-order valence-corrected chi connectivity index (χ4v) is 2.48. The van der Waals surface area contributed by atoms with Crippen LogP contribution in [0.5, 0.6) is 0 Å². The van der Waals surface area contributed by atoms with E-state index >= 15 is 0 Å². The van der Waals surface area contributed by atoms with Gasteiger partial charge in [0, 0.05) is 6.20 Å². The van der Waals surface area contributed by atoms with Gasteiger partial charge in [0.25, 0.3) is 10.0 Å². The number of hydrogen-bond donors (Lipinski definition) is 3. The molecule has 7 nitrogen and oxygen atoms in total. The molecule has 2 rings (SSSR count). The average molecular weight is 291 g/mol. The summed E-state index contributed by atoms with van der Waals surface area (Å²) in [6, 6.07) is 10.8. The molecule has 0 bridgehead atoms. The van der Waals surface area contributed by atoms with Crippen LogP contribution in [-0.4, -0.2) is 19.4 Å². The highest BCUT2D eigenvalue weighted by Crippen LogP contribution is 2.18. The highest BCUT2D eigenvalue weighted by molar-refractivity contribution is 7.92. The molecule has 8 heteroatoms. The minimum Gasteiger partial charge on any atom is -0.370 e. The predicted octanol–water partition coefficient (Wildman–Crippen LogP) is 0.787. The van der Waals surface area contributed by atoms with Crippen LogP contribution in [0.3, 0.4) is 0 Å². The number of aliphatic imine (C=N–C) groups is 1. The van der Waals surface area contributed by atoms with E-state index < -0.39 is 10.0 Å². The lowest BCUT2D eigenvalue weighted by Gasteiger charge is -2.07. The molecule has 1 heterocycles. The van der Waals surface area contributed by atoms with Gasteiger partial charge in [-0.1, -0.05) is 6.07 Å². The fourth-order valence-electron chi connectivity index (χ4n) is 1.47. The van der Waals surface area contributed by atoms with E-state index in [1.807, 2.05) is 0 Å². The Morgan fingerprint density at radius 3 is 2.35 bits per heavy atom. The molecular weight excluding hydrogens is 278 g/mol. The number of nitrogens with one attached hydrogen (secondary N) is 1. The van der Waals surface area contributed by atoms with Gasteiger partial charge in [0.2, 0.25) is 0 Å². The van der Waals surface area contributed by atoms with Gasteiger partial charge in [-0.15, -0.1) is 0 Å². The number of hydrogen-bond acceptors (Lipinski definition) is 4. The van der Waals surface area contributed by atoms with E-state index in [1.165, 1.54) is 30.5 Å². The van der Waals surface area contributed by atoms with Crippen molar-refractivity contribution in [2.24, 2.45) is 16.5 Å². The van der Waals surface area contributed by atoms with Gasteiger partial charge < -0.3 is 11.5 Å². The second-order valence-corrected chi connectivity index (χ2v) is 5.53. The van der Waals surface area contributed by atoms with Crippen molar-refractivity contribution in [1.29, 1.82) is 0 Å². The summed E-state index contributed by atoms with van der Waals surface area (Å²) < 4.78 is 26.6. The molecule has 0 radical (unpaired) electrons. The van der Waals surface area contributed by atoms with Crippen LogP contribution in [0.4, 0.5) is 11.5 Å². The van der Waals surface area contributed by atoms with Crippen LogP contribution < -0.4 is 16.2 Å². The molecule has 0 saturated carbocycles. The Hall–Kier alpha value is -2.61. The number of anilines is 1. The van der Waals surface area contributed by atoms with Crippen LogP contribution in [0.1, 0.15) is 0 Å². The Morgan fingerprint density at radius 1 is 1.10 bits per heavy atom. The van der Waals surface area contributed by atoms with Crippen molar-refractivity contribution in [3.05, 3.63) is 48.7 Å². The van der Waals surface area contributed by atoms with E-state index in [4.69, 9.17) is 11.5 Å². The quantitative estimate of drug-likeness (QED) is 0.567. The monoisotopic (exact) mass is 291 g/mol. The number of sulfonamides is 1. The molecule has 0 spiro atoms. The van der Waals surface area contributed by atoms with E-state index in [9.17, 15) is 8.42 Å². The maximum Gasteiger partial charge on any atom is 0.263 e. The second-order valence-electron chi connectivity index (χ2n) is 3.85. The summed E-state index contributed by atoms with van der Waals surface area (Å²) in [5.41, 5.74) is 11.0. The van der Waals surface area contributed by atoms with Gasteiger partial charge in [0.05, 0.1) is 10.6 Å². The van der Waals surface area contributed by atoms with E-state index in [1.54, 1.807) is 18.2 Å². The summed E-state index contributed by atoms with van der Waals surface area (Å²) in [6.07, 6.45) is 1.50. The molecule has 0 unspecified atom stereocenters. The van der Waals surface area contributed by atoms with Gasteiger partial charge in [-0.05, 0) is 36.4 Å². The zero-order chi connectivity index (χ0) is 14.6. The number of nitrogens with two attached hydrogens (primary N) is 2. The van der Waals surface area contributed by atoms with Crippen molar-refractivity contribution in [1.82, 2.24) is 4.98 Å². The third-order valence-corrected chi connectivity index (χ3v) is 3.68. The van der Waals surface area contributed by atoms with Crippen molar-refractivity contribution >= 4 is 27.5 Å². The second kappa shape index (κ2) is 5.57. The Balaban J connectivity index is 2.24. The van der Waals surface area contributed by atoms with Crippen LogP contribution in [-0.2, 0) is 10.0 Å². The maximum absolute atomic E-state index is 12.1. The van der Waals surface area contributed by atoms with Gasteiger partial charge in [-0.3, -0.25) is 4.72 Å². The van der Waals surface area contributed by atoms with Crippen LogP contribution in [0, 0.1) is 0 Å². The van der Waals surface area contributed by atoms with E-state index in [0.29, 0.717) is 5.69 Å². The topological polar surface area (TPSA) is 123 Å². The standard InChI is InChI=1S/C12H13N5O2S/c13-12(14)16-9-4-6-10(7-5-9)20(18,19)17-11-3-1-2-8-15-11/h1-8H,(H,15,17)(H4,13,14,16). The number of guanidine groups is 1. The van der Waals surface area contributed by atoms with Gasteiger partial charge >= 0.3 is 0 Å². The molecule has 0 aliphatic heterocycles. The van der Waals surface area contributed by atoms with Crippen LogP contribution in [0.15, 0.2) is 58.5 Å². The minimum atomic E-state index is -3.68. The van der Waals surface area contributed by atoms with Gasteiger partial charge in [-0.2, -0.15) is 0 Å². The lowest BCUT2D eigenvalue weighted by atomic mass is 10.3. The Bertz CT molecular complexity index is 707. The molecule has 0 aliphatic rings. The normalized spacial score (nSPS) is 10.8. The highest BCUT2D eigenvalue weighted by atomic mass is 32.2. The molecule has 1 aromatic heterocycles. The third-order valence-electron chi connectivity index (χ3n) is 2.31. The lowest BCUT2D eigenvalue weighted by molar-refractivity contribution is 0.601. The first-order valence-electron chi connectivity index (χ1n) is 5.61. The average Bonchev–Trinajstić information content (AvgIpc) is 2.39. The molecule has 0 fully saturated rings. The molecule has 5 N–H and O–H groups in total. The van der Waals surface area contributed by atoms with Crippen LogP contribution >= 0.6 is 0 Å². The van der Waals surface area contributed by atoms with Gasteiger partial charge in [0.15, 0.2) is 5.96 Å². The molecule has 0 amide bonds. The molecule has 0 atom stereocenters. The molecule has 20 heavy (non-hydrogen) atoms. The van der Waals surface area contributed by atoms with E-state index in [0.717, 1.165) is 0 Å². The smallest absolute Gasteiger partial charge is 0.263 e. The number of pyridine rings is 1. The Kier molecular flexibility index (Phi) is 3.85. The SMILES string of the molecule is NC(N)=Nc1ccc(S(=O)(=O)Nc2ccccn2)cc1. The molecule has 0 aliphatic carbocycles. The highest BCUT2D eigenvalue weighted by Gasteiger charge is 2.14. The summed E-state index contributed by atoms with van der Waals surface area (Å²) in [5.74, 6) is 0.160. The first-order valence-corrected chi connectivity index (χ1v) is 7.09. The summed E-state index contributed by atoms with van der Waals surface area (Å²) in [6.45, 7) is 0. The Morgan fingerprint density at radius 2 is 1.80 bits per heavy atom. The molecule has 104 valence electrons. The summed E-state index contributed by atoms with van der Waals surface area (Å²) in [5, 5.41) is 0. The number of benzene rings is 1. The third kappa shape index (κ3) is 3.45. The van der Waals surface area contributed by atoms with E-state index in [-0.39, 0.29) is 16.7 Å². The lowest BCUT2D eigenvalue weighted by Crippen LogP contribution is -2.21. The predicted molar refractivity (Wildman–Crippen MR) is 77.0 cm³/mol. The fraction of sp³-hybridized carbons (Fsp3) is 0. The zero-order valence-electron chi connectivity index (χ0n) is 10.4. The molecule has 0 saturated heterocycles. The largest absolute Gasteiger partial charge is 0.370 e. The summed E-state index contributed by atoms with van der Waals surface area (Å²) in [7, 11) is -3.68. The zero-order valence-corrected chi connectivity index (χ0v) is 11.2. The summed E-state index contributed by atoms with van der Waals surface area (Å²) in [4.78, 5) is 7.81. The van der Waals surface area contributed by atoms with Crippen molar-refractivity contribution < 1.29 is 8.42 Å². The number of rotatable bonds is 4. The minimum absolute atomic E-state index is 0.0905. The first kappa shape index (κ1) is 13.8. The van der Waals surface area contributed by atoms with Gasteiger partial charge in [-0.25, -0.2) is 18.4 Å². The van der Waals surface area contributed by atoms with Crippen molar-refractivity contribution in [2.75, 3.05) is 4.72 Å². The first-order chi connectivity index (χ1) is 9.47. The number of aromatic nitrogens is 1. The van der Waals surface area contributed by atoms with Crippen molar-refractivity contribution in [3.8, 4) is 0 Å². The van der Waals surface area contributed by atoms with Gasteiger partial charge in [0.1, 0.15) is 5.82 Å². The van der Waals surface area contributed by atoms with Crippen molar-refractivity contribution in [3.63, 3.8) is 0 Å². The van der Waals surface area contributed by atoms with E-state index in [2.05, 4.69) is 14.7 Å². The van der Waals surface area contributed by atoms with Crippen molar-refractivity contribution in [2.45, 2.75) is 4.90 Å². The Labute approximate surface area is 116 Å². The molecule has 1 aromatic carbocycles. The summed E-state index contributed by atoms with van der Waals surface area (Å²) >= 11 is 0. The maximum atomic E-state index is 12.1.